The van der Waals surface area contributed by atoms with Crippen molar-refractivity contribution in [2.45, 2.75) is 11.7 Å². The van der Waals surface area contributed by atoms with Crippen molar-refractivity contribution in [1.29, 1.82) is 0 Å². The molecule has 0 saturated carbocycles. The second-order valence-corrected chi connectivity index (χ2v) is 14.5. The monoisotopic (exact) mass is 960 g/mol. The summed E-state index contributed by atoms with van der Waals surface area (Å²) in [5.74, 6) is -71.1. The standard InChI is InChI=1S/C24BF20.C18H16OS/c26-5-1(6(27)14(35)21(42)13(5)34)25(2-7(28)15(36)22(43)16(37)8(2)29,3-9(30)17(38)23(44)18(39)10(3)31)4-11(32)19(40)24(45)20(41)12(4)33;19-15-10-8-13(9-11-15)12-18(20)17-7-3-5-14-4-1-2-6-16(14)17/h;1-11,18-20H,12H2/q-1;/p+1. The minimum atomic E-state index is -7.22. The second kappa shape index (κ2) is 17.9. The average Bonchev–Trinajstić information content (AvgIpc) is 3.29. The maximum absolute atomic E-state index is 15.4. The highest BCUT2D eigenvalue weighted by Gasteiger charge is 2.52. The fourth-order valence-corrected chi connectivity index (χ4v) is 7.89. The normalized spacial score (nSPS) is 12.1. The largest absolute Gasteiger partial charge is 0.508 e. The highest BCUT2D eigenvalue weighted by Crippen LogP contribution is 2.32. The van der Waals surface area contributed by atoms with Crippen LogP contribution in [0.1, 0.15) is 16.4 Å². The molecule has 0 bridgehead atoms. The average molecular weight is 960 g/mol. The molecule has 0 radical (unpaired) electrons. The predicted octanol–water partition coefficient (Wildman–Crippen LogP) is 9.69. The van der Waals surface area contributed by atoms with E-state index in [9.17, 15) is 57.8 Å². The number of hydrogen-bond donors (Lipinski definition) is 1. The molecular weight excluding hydrogens is 943 g/mol. The number of halogens is 20. The summed E-state index contributed by atoms with van der Waals surface area (Å²) in [5, 5.41) is 12.1. The van der Waals surface area contributed by atoms with E-state index < -0.39 is 144 Å². The van der Waals surface area contributed by atoms with E-state index in [2.05, 4.69) is 55.1 Å². The van der Waals surface area contributed by atoms with Gasteiger partial charge in [0.1, 0.15) is 63.7 Å². The van der Waals surface area contributed by atoms with E-state index in [0.29, 0.717) is 5.75 Å². The Morgan fingerprint density at radius 1 is 0.354 bits per heavy atom. The molecule has 0 aliphatic heterocycles. The Labute approximate surface area is 355 Å². The van der Waals surface area contributed by atoms with Crippen LogP contribution in [0.25, 0.3) is 10.8 Å². The first kappa shape index (κ1) is 48.1. The fraction of sp³-hybridized carbons (Fsp3) is 0.0476. The number of hydrogen-bond acceptors (Lipinski definition) is 1. The van der Waals surface area contributed by atoms with Gasteiger partial charge in [0.2, 0.25) is 0 Å². The van der Waals surface area contributed by atoms with Gasteiger partial charge in [0.25, 0.3) is 0 Å². The second-order valence-electron chi connectivity index (χ2n) is 13.8. The Morgan fingerprint density at radius 3 is 0.954 bits per heavy atom. The van der Waals surface area contributed by atoms with Gasteiger partial charge in [-0.2, -0.15) is 0 Å². The SMILES string of the molecule is Fc1c(F)c(F)c([B-](c2c(F)c(F)c(F)c(F)c2F)(c2c(F)c(F)c(F)c(F)c2F)c2c(F)c(F)c(F)c(F)c2F)c(F)c1F.Oc1ccc(CC([SH2+])c2cccc3ccccc23)cc1. The number of phenolic OH excluding ortho intramolecular Hbond substituents is 1. The van der Waals surface area contributed by atoms with Gasteiger partial charge < -0.3 is 5.11 Å². The lowest BCUT2D eigenvalue weighted by molar-refractivity contribution is 0.378. The molecule has 0 heterocycles. The van der Waals surface area contributed by atoms with E-state index in [1.54, 1.807) is 12.1 Å². The molecule has 340 valence electrons. The van der Waals surface area contributed by atoms with Crippen molar-refractivity contribution in [1.82, 2.24) is 0 Å². The van der Waals surface area contributed by atoms with Crippen LogP contribution in [0.15, 0.2) is 66.7 Å². The van der Waals surface area contributed by atoms with Gasteiger partial charge >= 0.3 is 0 Å². The molecular formula is C42H17BF20OS. The summed E-state index contributed by atoms with van der Waals surface area (Å²) >= 11 is 3.86. The summed E-state index contributed by atoms with van der Waals surface area (Å²) in [4.78, 5) is 0. The summed E-state index contributed by atoms with van der Waals surface area (Å²) in [6.45, 7) is 0. The van der Waals surface area contributed by atoms with E-state index in [-0.39, 0.29) is 5.25 Å². The molecule has 0 saturated heterocycles. The van der Waals surface area contributed by atoms with Crippen LogP contribution in [0.3, 0.4) is 0 Å². The number of benzene rings is 7. The summed E-state index contributed by atoms with van der Waals surface area (Å²) in [7, 11) is 0. The number of aromatic hydroxyl groups is 1. The van der Waals surface area contributed by atoms with Crippen LogP contribution in [0.4, 0.5) is 87.8 Å². The number of rotatable bonds is 7. The Morgan fingerprint density at radius 2 is 0.631 bits per heavy atom. The molecule has 0 spiro atoms. The molecule has 7 aromatic carbocycles. The van der Waals surface area contributed by atoms with Crippen molar-refractivity contribution in [3.05, 3.63) is 194 Å². The summed E-state index contributed by atoms with van der Waals surface area (Å²) < 4.78 is 294. The molecule has 1 atom stereocenters. The third kappa shape index (κ3) is 7.65. The van der Waals surface area contributed by atoms with Gasteiger partial charge in [-0.3, -0.25) is 0 Å². The van der Waals surface area contributed by atoms with Gasteiger partial charge in [-0.1, -0.05) is 54.6 Å². The van der Waals surface area contributed by atoms with Crippen molar-refractivity contribution in [2.75, 3.05) is 0 Å². The highest BCUT2D eigenvalue weighted by molar-refractivity contribution is 7.59. The number of phenols is 1. The zero-order valence-electron chi connectivity index (χ0n) is 31.2. The van der Waals surface area contributed by atoms with Crippen molar-refractivity contribution >= 4 is 51.4 Å². The topological polar surface area (TPSA) is 20.2 Å². The lowest BCUT2D eigenvalue weighted by atomic mass is 9.12. The Kier molecular flexibility index (Phi) is 13.2. The number of fused-ring (bicyclic) bond motifs is 1. The molecule has 0 aliphatic carbocycles. The minimum absolute atomic E-state index is 0.255. The predicted molar refractivity (Wildman–Crippen MR) is 198 cm³/mol. The third-order valence-corrected chi connectivity index (χ3v) is 10.8. The van der Waals surface area contributed by atoms with Crippen molar-refractivity contribution < 1.29 is 92.9 Å². The molecule has 1 unspecified atom stereocenters. The van der Waals surface area contributed by atoms with E-state index in [0.717, 1.165) is 6.42 Å². The lowest BCUT2D eigenvalue weighted by Gasteiger charge is -2.44. The Hall–Kier alpha value is -6.39. The van der Waals surface area contributed by atoms with Gasteiger partial charge in [0.15, 0.2) is 69.8 Å². The van der Waals surface area contributed by atoms with Crippen LogP contribution in [-0.4, -0.2) is 11.3 Å². The highest BCUT2D eigenvalue weighted by atomic mass is 32.1. The van der Waals surface area contributed by atoms with Gasteiger partial charge in [-0.05, 0) is 41.1 Å². The van der Waals surface area contributed by atoms with E-state index >= 15 is 35.1 Å². The Balaban J connectivity index is 0.000000289. The van der Waals surface area contributed by atoms with Crippen LogP contribution in [0.5, 0.6) is 5.75 Å². The molecule has 0 fully saturated rings. The zero-order chi connectivity index (χ0) is 48.3. The fourth-order valence-electron chi connectivity index (χ4n) is 7.41. The lowest BCUT2D eigenvalue weighted by Crippen LogP contribution is -2.81. The van der Waals surface area contributed by atoms with E-state index in [1.165, 1.54) is 21.9 Å². The Bertz CT molecular complexity index is 2670. The first-order valence-electron chi connectivity index (χ1n) is 17.6. The summed E-state index contributed by atoms with van der Waals surface area (Å²) in [6, 6.07) is 22.2. The molecule has 1 nitrogen and oxygen atoms in total. The van der Waals surface area contributed by atoms with E-state index in [1.807, 2.05) is 12.1 Å². The summed E-state index contributed by atoms with van der Waals surface area (Å²) in [5.41, 5.74) is -11.8. The maximum Gasteiger partial charge on any atom is 0.200 e. The van der Waals surface area contributed by atoms with Crippen LogP contribution in [0.2, 0.25) is 0 Å². The first-order chi connectivity index (χ1) is 30.4. The smallest absolute Gasteiger partial charge is 0.200 e. The van der Waals surface area contributed by atoms with Crippen molar-refractivity contribution in [3.8, 4) is 5.75 Å². The molecule has 1 N–H and O–H groups in total. The van der Waals surface area contributed by atoms with Gasteiger partial charge in [-0.25, -0.2) is 87.8 Å². The van der Waals surface area contributed by atoms with Crippen LogP contribution < -0.4 is 21.9 Å². The molecule has 7 rings (SSSR count). The minimum Gasteiger partial charge on any atom is -0.508 e. The first-order valence-corrected chi connectivity index (χ1v) is 18.2. The molecule has 0 aliphatic rings. The van der Waals surface area contributed by atoms with Crippen molar-refractivity contribution in [2.24, 2.45) is 0 Å². The van der Waals surface area contributed by atoms with Gasteiger partial charge in [-0.15, -0.1) is 21.9 Å². The molecule has 7 aromatic rings. The molecule has 23 heteroatoms. The molecule has 65 heavy (non-hydrogen) atoms. The zero-order valence-corrected chi connectivity index (χ0v) is 32.2. The third-order valence-electron chi connectivity index (χ3n) is 10.3. The summed E-state index contributed by atoms with van der Waals surface area (Å²) in [6.07, 6.45) is -6.32. The van der Waals surface area contributed by atoms with Crippen molar-refractivity contribution in [3.63, 3.8) is 0 Å². The molecule has 0 amide bonds. The van der Waals surface area contributed by atoms with Crippen LogP contribution in [0, 0.1) is 116 Å². The van der Waals surface area contributed by atoms with Gasteiger partial charge in [0.05, 0.1) is 0 Å². The van der Waals surface area contributed by atoms with E-state index in [4.69, 9.17) is 0 Å². The molecule has 0 aromatic heterocycles. The van der Waals surface area contributed by atoms with Gasteiger partial charge in [0, 0.05) is 12.0 Å². The quantitative estimate of drug-likeness (QED) is 0.0555. The maximum atomic E-state index is 15.4. The van der Waals surface area contributed by atoms with Crippen LogP contribution in [-0.2, 0) is 19.0 Å². The van der Waals surface area contributed by atoms with Crippen LogP contribution >= 0.6 is 0 Å².